The van der Waals surface area contributed by atoms with Crippen LogP contribution in [-0.4, -0.2) is 67.9 Å². The first kappa shape index (κ1) is 20.1. The third-order valence-electron chi connectivity index (χ3n) is 2.49. The van der Waals surface area contributed by atoms with Crippen LogP contribution in [-0.2, 0) is 14.3 Å². The minimum Gasteiger partial charge on any atom is -0.467 e. The van der Waals surface area contributed by atoms with Gasteiger partial charge in [0.25, 0.3) is 0 Å². The van der Waals surface area contributed by atoms with Crippen LogP contribution in [0.2, 0.25) is 0 Å². The molecule has 0 amide bonds. The van der Waals surface area contributed by atoms with Crippen molar-refractivity contribution in [2.75, 3.05) is 46.6 Å². The van der Waals surface area contributed by atoms with E-state index >= 15 is 0 Å². The molecule has 0 bridgehead atoms. The van der Waals surface area contributed by atoms with Gasteiger partial charge in [0.15, 0.2) is 13.6 Å². The Hall–Kier alpha value is -1.91. The van der Waals surface area contributed by atoms with E-state index in [4.69, 9.17) is 39.0 Å². The number of aliphatic hydroxyl groups excluding tert-OH is 3. The second-order valence-electron chi connectivity index (χ2n) is 4.38. The molecule has 0 aliphatic rings. The first-order valence-electron chi connectivity index (χ1n) is 7.29. The van der Waals surface area contributed by atoms with E-state index in [1.165, 1.54) is 18.2 Å². The van der Waals surface area contributed by atoms with Crippen LogP contribution in [0.15, 0.2) is 18.2 Å². The van der Waals surface area contributed by atoms with E-state index in [9.17, 15) is 4.79 Å². The van der Waals surface area contributed by atoms with Gasteiger partial charge < -0.3 is 39.0 Å². The van der Waals surface area contributed by atoms with Gasteiger partial charge in [0, 0.05) is 18.2 Å². The summed E-state index contributed by atoms with van der Waals surface area (Å²) in [6.07, 6.45) is -0.138. The van der Waals surface area contributed by atoms with Crippen LogP contribution in [0.1, 0.15) is 6.42 Å². The molecule has 0 saturated carbocycles. The van der Waals surface area contributed by atoms with Crippen molar-refractivity contribution in [2.24, 2.45) is 0 Å². The molecule has 0 fully saturated rings. The Morgan fingerprint density at radius 1 is 0.792 bits per heavy atom. The Kier molecular flexibility index (Phi) is 10.5. The van der Waals surface area contributed by atoms with Crippen molar-refractivity contribution in [3.63, 3.8) is 0 Å². The lowest BCUT2D eigenvalue weighted by molar-refractivity contribution is -0.135. The number of esters is 1. The van der Waals surface area contributed by atoms with E-state index in [0.717, 1.165) is 0 Å². The van der Waals surface area contributed by atoms with Gasteiger partial charge in [-0.25, -0.2) is 0 Å². The normalized spacial score (nSPS) is 10.5. The Labute approximate surface area is 139 Å². The predicted octanol–water partition coefficient (Wildman–Crippen LogP) is -0.335. The molecule has 136 valence electrons. The quantitative estimate of drug-likeness (QED) is 0.190. The third-order valence-corrected chi connectivity index (χ3v) is 2.49. The summed E-state index contributed by atoms with van der Waals surface area (Å²) < 4.78 is 25.7. The monoisotopic (exact) mass is 346 g/mol. The highest BCUT2D eigenvalue weighted by atomic mass is 16.7. The summed E-state index contributed by atoms with van der Waals surface area (Å²) in [6.45, 7) is -0.517. The van der Waals surface area contributed by atoms with Gasteiger partial charge in [-0.3, -0.25) is 4.79 Å². The van der Waals surface area contributed by atoms with Crippen LogP contribution < -0.4 is 14.2 Å². The Morgan fingerprint density at radius 2 is 1.29 bits per heavy atom. The molecule has 9 heteroatoms. The van der Waals surface area contributed by atoms with Crippen molar-refractivity contribution in [1.29, 1.82) is 0 Å². The van der Waals surface area contributed by atoms with E-state index in [1.54, 1.807) is 0 Å². The highest BCUT2D eigenvalue weighted by Crippen LogP contribution is 2.28. The summed E-state index contributed by atoms with van der Waals surface area (Å²) in [4.78, 5) is 11.5. The summed E-state index contributed by atoms with van der Waals surface area (Å²) in [5, 5.41) is 26.0. The molecule has 0 atom stereocenters. The summed E-state index contributed by atoms with van der Waals surface area (Å²) in [6, 6.07) is 4.45. The predicted molar refractivity (Wildman–Crippen MR) is 80.8 cm³/mol. The first-order chi connectivity index (χ1) is 11.7. The van der Waals surface area contributed by atoms with Crippen molar-refractivity contribution in [2.45, 2.75) is 6.42 Å². The average molecular weight is 346 g/mol. The highest BCUT2D eigenvalue weighted by molar-refractivity contribution is 5.72. The fourth-order valence-corrected chi connectivity index (χ4v) is 1.51. The van der Waals surface area contributed by atoms with Gasteiger partial charge in [0.05, 0.1) is 39.5 Å². The molecule has 0 aliphatic carbocycles. The number of ether oxygens (including phenoxy) is 5. The molecule has 0 unspecified atom stereocenters. The molecule has 0 spiro atoms. The molecule has 0 aliphatic heterocycles. The summed E-state index contributed by atoms with van der Waals surface area (Å²) >= 11 is 0. The highest BCUT2D eigenvalue weighted by Gasteiger charge is 2.09. The molecular formula is C15H22O9. The zero-order valence-corrected chi connectivity index (χ0v) is 13.2. The largest absolute Gasteiger partial charge is 0.467 e. The van der Waals surface area contributed by atoms with E-state index < -0.39 is 5.97 Å². The lowest BCUT2D eigenvalue weighted by atomic mass is 10.3. The summed E-state index contributed by atoms with van der Waals surface area (Å²) in [5.41, 5.74) is 0. The van der Waals surface area contributed by atoms with E-state index in [0.29, 0.717) is 11.5 Å². The second-order valence-corrected chi connectivity index (χ2v) is 4.38. The number of aliphatic hydroxyl groups is 3. The van der Waals surface area contributed by atoms with Gasteiger partial charge in [0.2, 0.25) is 0 Å². The zero-order valence-electron chi connectivity index (χ0n) is 13.2. The minimum absolute atomic E-state index is 0.102. The Bertz CT molecular complexity index is 448. The lowest BCUT2D eigenvalue weighted by Gasteiger charge is -2.12. The minimum atomic E-state index is -0.603. The van der Waals surface area contributed by atoms with Crippen molar-refractivity contribution < 1.29 is 43.8 Å². The van der Waals surface area contributed by atoms with Crippen molar-refractivity contribution in [3.8, 4) is 17.2 Å². The van der Waals surface area contributed by atoms with Gasteiger partial charge in [0.1, 0.15) is 17.2 Å². The second kappa shape index (κ2) is 12.5. The lowest BCUT2D eigenvalue weighted by Crippen LogP contribution is -2.11. The topological polar surface area (TPSA) is 124 Å². The third kappa shape index (κ3) is 8.65. The first-order valence-corrected chi connectivity index (χ1v) is 7.29. The molecule has 3 N–H and O–H groups in total. The maximum atomic E-state index is 11.5. The van der Waals surface area contributed by atoms with Gasteiger partial charge in [-0.2, -0.15) is 0 Å². The fourth-order valence-electron chi connectivity index (χ4n) is 1.51. The Balaban J connectivity index is 2.70. The molecule has 0 heterocycles. The molecule has 9 nitrogen and oxygen atoms in total. The number of hydrogen-bond acceptors (Lipinski definition) is 9. The summed E-state index contributed by atoms with van der Waals surface area (Å²) in [7, 11) is 0. The van der Waals surface area contributed by atoms with E-state index in [-0.39, 0.29) is 58.8 Å². The van der Waals surface area contributed by atoms with Crippen molar-refractivity contribution in [1.82, 2.24) is 0 Å². The maximum absolute atomic E-state index is 11.5. The van der Waals surface area contributed by atoms with Gasteiger partial charge >= 0.3 is 5.97 Å². The maximum Gasteiger partial charge on any atom is 0.313 e. The molecule has 24 heavy (non-hydrogen) atoms. The number of benzene rings is 1. The van der Waals surface area contributed by atoms with E-state index in [2.05, 4.69) is 0 Å². The van der Waals surface area contributed by atoms with Crippen molar-refractivity contribution in [3.05, 3.63) is 18.2 Å². The molecular weight excluding hydrogens is 324 g/mol. The molecule has 1 rings (SSSR count). The standard InChI is InChI=1S/C15H22O9/c16-2-1-15(19)24-14-8-12(22-10-20-5-3-17)7-13(9-14)23-11-21-6-4-18/h7-9,16-18H,1-6,10-11H2. The van der Waals surface area contributed by atoms with Gasteiger partial charge in [-0.1, -0.05) is 0 Å². The van der Waals surface area contributed by atoms with Crippen LogP contribution in [0, 0.1) is 0 Å². The number of carbonyl (C=O) groups excluding carboxylic acids is 1. The molecule has 1 aromatic rings. The fraction of sp³-hybridized carbons (Fsp3) is 0.533. The zero-order chi connectivity index (χ0) is 17.6. The van der Waals surface area contributed by atoms with Crippen LogP contribution >= 0.6 is 0 Å². The van der Waals surface area contributed by atoms with Crippen LogP contribution in [0.4, 0.5) is 0 Å². The van der Waals surface area contributed by atoms with Crippen LogP contribution in [0.5, 0.6) is 17.2 Å². The van der Waals surface area contributed by atoms with Crippen LogP contribution in [0.3, 0.4) is 0 Å². The van der Waals surface area contributed by atoms with Gasteiger partial charge in [-0.15, -0.1) is 0 Å². The number of rotatable bonds is 13. The van der Waals surface area contributed by atoms with Crippen LogP contribution in [0.25, 0.3) is 0 Å². The smallest absolute Gasteiger partial charge is 0.313 e. The number of hydrogen-bond donors (Lipinski definition) is 3. The molecule has 0 aromatic heterocycles. The Morgan fingerprint density at radius 3 is 1.75 bits per heavy atom. The summed E-state index contributed by atoms with van der Waals surface area (Å²) in [5.74, 6) is 0.206. The molecule has 0 saturated heterocycles. The molecule has 1 aromatic carbocycles. The SMILES string of the molecule is O=C(CCO)Oc1cc(OCOCCO)cc(OCOCCO)c1. The van der Waals surface area contributed by atoms with E-state index in [1.807, 2.05) is 0 Å². The average Bonchev–Trinajstić information content (AvgIpc) is 2.56. The number of carbonyl (C=O) groups is 1. The van der Waals surface area contributed by atoms with Gasteiger partial charge in [-0.05, 0) is 0 Å². The van der Waals surface area contributed by atoms with Crippen molar-refractivity contribution >= 4 is 5.97 Å². The molecule has 0 radical (unpaired) electrons.